The number of nitrogens with zero attached hydrogens (tertiary/aromatic N) is 4. The van der Waals surface area contributed by atoms with Gasteiger partial charge in [0.15, 0.2) is 0 Å². The van der Waals surface area contributed by atoms with Crippen molar-refractivity contribution in [2.45, 2.75) is 20.4 Å². The van der Waals surface area contributed by atoms with Crippen molar-refractivity contribution in [2.24, 2.45) is 5.73 Å². The van der Waals surface area contributed by atoms with Gasteiger partial charge < -0.3 is 15.8 Å². The predicted octanol–water partition coefficient (Wildman–Crippen LogP) is 1.29. The van der Waals surface area contributed by atoms with Crippen molar-refractivity contribution in [3.63, 3.8) is 0 Å². The number of carbonyl (C=O) groups excluding carboxylic acids is 3. The molecule has 3 N–H and O–H groups in total. The van der Waals surface area contributed by atoms with Crippen molar-refractivity contribution in [3.8, 4) is 5.69 Å². The number of hydrogen-bond acceptors (Lipinski definition) is 6. The van der Waals surface area contributed by atoms with Gasteiger partial charge in [0.2, 0.25) is 5.91 Å². The number of rotatable bonds is 7. The molecule has 150 valence electrons. The fourth-order valence-electron chi connectivity index (χ4n) is 2.71. The van der Waals surface area contributed by atoms with E-state index < -0.39 is 11.9 Å². The van der Waals surface area contributed by atoms with Gasteiger partial charge in [-0.05, 0) is 38.1 Å². The predicted molar refractivity (Wildman–Crippen MR) is 104 cm³/mol. The van der Waals surface area contributed by atoms with Crippen molar-refractivity contribution >= 4 is 23.5 Å². The van der Waals surface area contributed by atoms with Crippen molar-refractivity contribution < 1.29 is 19.1 Å². The molecule has 0 unspecified atom stereocenters. The summed E-state index contributed by atoms with van der Waals surface area (Å²) in [5.74, 6) is -1.29. The normalized spacial score (nSPS) is 10.6. The largest absolute Gasteiger partial charge is 0.462 e. The number of primary amides is 1. The van der Waals surface area contributed by atoms with Crippen LogP contribution in [0, 0.1) is 6.92 Å². The molecule has 10 heteroatoms. The average Bonchev–Trinajstić information content (AvgIpc) is 3.27. The molecule has 2 aromatic heterocycles. The third-order valence-electron chi connectivity index (χ3n) is 4.09. The van der Waals surface area contributed by atoms with E-state index in [-0.39, 0.29) is 19.1 Å². The van der Waals surface area contributed by atoms with Crippen LogP contribution in [0.3, 0.4) is 0 Å². The molecule has 0 radical (unpaired) electrons. The van der Waals surface area contributed by atoms with Gasteiger partial charge in [-0.3, -0.25) is 14.3 Å². The number of benzene rings is 1. The molecule has 0 saturated carbocycles. The molecule has 0 saturated heterocycles. The highest BCUT2D eigenvalue weighted by Crippen LogP contribution is 2.17. The number of esters is 1. The number of amides is 2. The third-order valence-corrected chi connectivity index (χ3v) is 4.09. The second kappa shape index (κ2) is 8.38. The van der Waals surface area contributed by atoms with Crippen LogP contribution in [0.4, 0.5) is 5.69 Å². The zero-order chi connectivity index (χ0) is 21.0. The van der Waals surface area contributed by atoms with Crippen LogP contribution in [-0.4, -0.2) is 44.0 Å². The fraction of sp³-hybridized carbons (Fsp3) is 0.211. The summed E-state index contributed by atoms with van der Waals surface area (Å²) in [7, 11) is 0. The van der Waals surface area contributed by atoms with Crippen LogP contribution in [0.5, 0.6) is 0 Å². The Labute approximate surface area is 166 Å². The smallest absolute Gasteiger partial charge is 0.341 e. The summed E-state index contributed by atoms with van der Waals surface area (Å²) in [6, 6.07) is 6.73. The molecule has 0 aliphatic heterocycles. The summed E-state index contributed by atoms with van der Waals surface area (Å²) in [6.45, 7) is 3.73. The van der Waals surface area contributed by atoms with Gasteiger partial charge >= 0.3 is 5.97 Å². The Morgan fingerprint density at radius 2 is 1.86 bits per heavy atom. The van der Waals surface area contributed by atoms with Crippen LogP contribution in [0.2, 0.25) is 0 Å². The average molecular weight is 396 g/mol. The SMILES string of the molecule is CCOC(=O)c1cnn(-c2ccc(C(=O)Nc3cnn(CC(N)=O)c3)cc2)c1C. The lowest BCUT2D eigenvalue weighted by atomic mass is 10.2. The van der Waals surface area contributed by atoms with Crippen molar-refractivity contribution in [1.29, 1.82) is 0 Å². The number of nitrogens with one attached hydrogen (secondary N) is 1. The summed E-state index contributed by atoms with van der Waals surface area (Å²) in [5.41, 5.74) is 7.71. The molecule has 2 heterocycles. The minimum Gasteiger partial charge on any atom is -0.462 e. The number of hydrogen-bond donors (Lipinski definition) is 2. The first-order chi connectivity index (χ1) is 13.9. The van der Waals surface area contributed by atoms with Gasteiger partial charge in [-0.15, -0.1) is 0 Å². The number of anilines is 1. The summed E-state index contributed by atoms with van der Waals surface area (Å²) in [4.78, 5) is 35.2. The number of carbonyl (C=O) groups is 3. The van der Waals surface area contributed by atoms with E-state index in [4.69, 9.17) is 10.5 Å². The van der Waals surface area contributed by atoms with E-state index in [2.05, 4.69) is 15.5 Å². The second-order valence-corrected chi connectivity index (χ2v) is 6.17. The summed E-state index contributed by atoms with van der Waals surface area (Å²) < 4.78 is 7.95. The van der Waals surface area contributed by atoms with Crippen molar-refractivity contribution in [3.05, 3.63) is 59.7 Å². The molecule has 2 amide bonds. The topological polar surface area (TPSA) is 134 Å². The van der Waals surface area contributed by atoms with Crippen LogP contribution in [0.1, 0.15) is 33.3 Å². The molecule has 0 spiro atoms. The highest BCUT2D eigenvalue weighted by atomic mass is 16.5. The Kier molecular flexibility index (Phi) is 5.72. The maximum atomic E-state index is 12.4. The molecule has 0 fully saturated rings. The van der Waals surface area contributed by atoms with Gasteiger partial charge in [0, 0.05) is 11.8 Å². The first-order valence-corrected chi connectivity index (χ1v) is 8.83. The number of aromatic nitrogens is 4. The highest BCUT2D eigenvalue weighted by Gasteiger charge is 2.16. The number of nitrogens with two attached hydrogens (primary N) is 1. The highest BCUT2D eigenvalue weighted by molar-refractivity contribution is 6.04. The van der Waals surface area contributed by atoms with Crippen LogP contribution in [0.15, 0.2) is 42.9 Å². The Hall–Kier alpha value is -3.95. The maximum Gasteiger partial charge on any atom is 0.341 e. The second-order valence-electron chi connectivity index (χ2n) is 6.17. The van der Waals surface area contributed by atoms with Gasteiger partial charge in [0.25, 0.3) is 5.91 Å². The third kappa shape index (κ3) is 4.49. The van der Waals surface area contributed by atoms with E-state index in [1.54, 1.807) is 42.8 Å². The molecule has 0 atom stereocenters. The molecule has 0 aliphatic rings. The molecule has 0 bridgehead atoms. The Balaban J connectivity index is 1.71. The summed E-state index contributed by atoms with van der Waals surface area (Å²) >= 11 is 0. The minimum atomic E-state index is -0.526. The van der Waals surface area contributed by atoms with Gasteiger partial charge in [-0.2, -0.15) is 10.2 Å². The quantitative estimate of drug-likeness (QED) is 0.578. The maximum absolute atomic E-state index is 12.4. The molecule has 29 heavy (non-hydrogen) atoms. The van der Waals surface area contributed by atoms with E-state index in [1.165, 1.54) is 23.3 Å². The van der Waals surface area contributed by atoms with Crippen LogP contribution in [-0.2, 0) is 16.1 Å². The molecular weight excluding hydrogens is 376 g/mol. The zero-order valence-electron chi connectivity index (χ0n) is 16.0. The van der Waals surface area contributed by atoms with Crippen molar-refractivity contribution in [1.82, 2.24) is 19.6 Å². The van der Waals surface area contributed by atoms with Gasteiger partial charge in [0.05, 0.1) is 36.1 Å². The van der Waals surface area contributed by atoms with E-state index in [0.29, 0.717) is 28.2 Å². The first-order valence-electron chi connectivity index (χ1n) is 8.83. The van der Waals surface area contributed by atoms with Crippen LogP contribution < -0.4 is 11.1 Å². The lowest BCUT2D eigenvalue weighted by Gasteiger charge is -2.07. The van der Waals surface area contributed by atoms with Crippen LogP contribution >= 0.6 is 0 Å². The summed E-state index contributed by atoms with van der Waals surface area (Å²) in [5, 5.41) is 10.9. The lowest BCUT2D eigenvalue weighted by Crippen LogP contribution is -2.18. The monoisotopic (exact) mass is 396 g/mol. The van der Waals surface area contributed by atoms with E-state index >= 15 is 0 Å². The van der Waals surface area contributed by atoms with E-state index in [9.17, 15) is 14.4 Å². The van der Waals surface area contributed by atoms with Gasteiger partial charge in [0.1, 0.15) is 12.1 Å². The van der Waals surface area contributed by atoms with Crippen molar-refractivity contribution in [2.75, 3.05) is 11.9 Å². The Morgan fingerprint density at radius 3 is 2.52 bits per heavy atom. The van der Waals surface area contributed by atoms with Crippen LogP contribution in [0.25, 0.3) is 5.69 Å². The lowest BCUT2D eigenvalue weighted by molar-refractivity contribution is -0.118. The summed E-state index contributed by atoms with van der Waals surface area (Å²) in [6.07, 6.45) is 4.40. The first kappa shape index (κ1) is 19.8. The molecule has 1 aromatic carbocycles. The van der Waals surface area contributed by atoms with E-state index in [0.717, 1.165) is 0 Å². The van der Waals surface area contributed by atoms with Gasteiger partial charge in [-0.1, -0.05) is 0 Å². The molecule has 3 aromatic rings. The Morgan fingerprint density at radius 1 is 1.14 bits per heavy atom. The molecule has 3 rings (SSSR count). The molecule has 10 nitrogen and oxygen atoms in total. The Bertz CT molecular complexity index is 1050. The van der Waals surface area contributed by atoms with E-state index in [1.807, 2.05) is 0 Å². The minimum absolute atomic E-state index is 0.0679. The fourth-order valence-corrected chi connectivity index (χ4v) is 2.71. The number of ether oxygens (including phenoxy) is 1. The van der Waals surface area contributed by atoms with Gasteiger partial charge in [-0.25, -0.2) is 9.48 Å². The standard InChI is InChI=1S/C19H20N6O4/c1-3-29-19(28)16-9-22-25(12(16)2)15-6-4-13(5-7-15)18(27)23-14-8-21-24(10-14)11-17(20)26/h4-10H,3,11H2,1-2H3,(H2,20,26)(H,23,27). The zero-order valence-corrected chi connectivity index (χ0v) is 16.0. The molecule has 0 aliphatic carbocycles. The molecular formula is C19H20N6O4.